The minimum atomic E-state index is -0.355. The van der Waals surface area contributed by atoms with Gasteiger partial charge in [0.2, 0.25) is 11.8 Å². The van der Waals surface area contributed by atoms with Crippen molar-refractivity contribution in [2.75, 3.05) is 45.9 Å². The number of morpholine rings is 1. The van der Waals surface area contributed by atoms with Gasteiger partial charge in [-0.3, -0.25) is 9.59 Å². The van der Waals surface area contributed by atoms with E-state index in [2.05, 4.69) is 5.32 Å². The Kier molecular flexibility index (Phi) is 7.81. The number of ether oxygens (including phenoxy) is 1. The van der Waals surface area contributed by atoms with Crippen molar-refractivity contribution < 1.29 is 18.7 Å². The maximum atomic E-state index is 13.7. The van der Waals surface area contributed by atoms with Crippen molar-refractivity contribution in [3.63, 3.8) is 0 Å². The maximum absolute atomic E-state index is 13.7. The Morgan fingerprint density at radius 3 is 2.38 bits per heavy atom. The third kappa shape index (κ3) is 5.40. The number of nitrogens with one attached hydrogen (secondary N) is 1. The van der Waals surface area contributed by atoms with E-state index in [9.17, 15) is 14.0 Å². The highest BCUT2D eigenvalue weighted by Crippen LogP contribution is 2.12. The molecule has 6 nitrogen and oxygen atoms in total. The third-order valence-electron chi connectivity index (χ3n) is 4.70. The lowest BCUT2D eigenvalue weighted by atomic mass is 10.1. The molecule has 3 rings (SSSR count). The van der Waals surface area contributed by atoms with Gasteiger partial charge < -0.3 is 19.9 Å². The molecule has 0 aromatic heterocycles. The molecule has 1 aromatic carbocycles. The fraction of sp³-hybridized carbons (Fsp3) is 0.556. The molecule has 144 valence electrons. The van der Waals surface area contributed by atoms with E-state index in [-0.39, 0.29) is 42.5 Å². The second kappa shape index (κ2) is 9.85. The average molecular weight is 386 g/mol. The van der Waals surface area contributed by atoms with Crippen LogP contribution < -0.4 is 5.32 Å². The van der Waals surface area contributed by atoms with Gasteiger partial charge in [-0.15, -0.1) is 12.4 Å². The van der Waals surface area contributed by atoms with Crippen LogP contribution >= 0.6 is 12.4 Å². The van der Waals surface area contributed by atoms with Crippen LogP contribution in [0.25, 0.3) is 0 Å². The topological polar surface area (TPSA) is 61.9 Å². The molecule has 0 spiro atoms. The zero-order valence-electron chi connectivity index (χ0n) is 14.7. The van der Waals surface area contributed by atoms with E-state index in [0.29, 0.717) is 51.4 Å². The monoisotopic (exact) mass is 385 g/mol. The first kappa shape index (κ1) is 20.6. The third-order valence-corrected chi connectivity index (χ3v) is 4.70. The Hall–Kier alpha value is -1.70. The summed E-state index contributed by atoms with van der Waals surface area (Å²) in [5, 5.41) is 3.28. The molecule has 1 atom stereocenters. The SMILES string of the molecule is Cl.O=C(Cc1ccccc1F)N1CCN(C(=O)CC2COCCN2)CC1. The van der Waals surface area contributed by atoms with Crippen molar-refractivity contribution in [1.29, 1.82) is 0 Å². The molecule has 8 heteroatoms. The Bertz CT molecular complexity index is 617. The maximum Gasteiger partial charge on any atom is 0.227 e. The number of rotatable bonds is 4. The number of carbonyl (C=O) groups is 2. The predicted octanol–water partition coefficient (Wildman–Crippen LogP) is 0.839. The van der Waals surface area contributed by atoms with Crippen LogP contribution in [-0.2, 0) is 20.7 Å². The summed E-state index contributed by atoms with van der Waals surface area (Å²) in [7, 11) is 0. The van der Waals surface area contributed by atoms with Crippen LogP contribution in [0.15, 0.2) is 24.3 Å². The summed E-state index contributed by atoms with van der Waals surface area (Å²) in [6, 6.07) is 6.40. The van der Waals surface area contributed by atoms with Gasteiger partial charge in [0.25, 0.3) is 0 Å². The molecule has 1 unspecified atom stereocenters. The van der Waals surface area contributed by atoms with Gasteiger partial charge in [-0.05, 0) is 11.6 Å². The molecular formula is C18H25ClFN3O3. The van der Waals surface area contributed by atoms with Crippen molar-refractivity contribution in [2.45, 2.75) is 18.9 Å². The molecular weight excluding hydrogens is 361 g/mol. The van der Waals surface area contributed by atoms with Crippen molar-refractivity contribution in [1.82, 2.24) is 15.1 Å². The van der Waals surface area contributed by atoms with Gasteiger partial charge in [-0.1, -0.05) is 18.2 Å². The number of nitrogens with zero attached hydrogens (tertiary/aromatic N) is 2. The molecule has 2 fully saturated rings. The highest BCUT2D eigenvalue weighted by atomic mass is 35.5. The van der Waals surface area contributed by atoms with Crippen molar-refractivity contribution >= 4 is 24.2 Å². The van der Waals surface area contributed by atoms with E-state index in [1.165, 1.54) is 6.07 Å². The normalized spacial score (nSPS) is 20.4. The lowest BCUT2D eigenvalue weighted by Gasteiger charge is -2.36. The first-order valence-corrected chi connectivity index (χ1v) is 8.73. The number of piperazine rings is 1. The van der Waals surface area contributed by atoms with E-state index in [1.54, 1.807) is 28.0 Å². The Morgan fingerprint density at radius 2 is 1.77 bits per heavy atom. The zero-order chi connectivity index (χ0) is 17.6. The summed E-state index contributed by atoms with van der Waals surface area (Å²) in [6.45, 7) is 4.06. The average Bonchev–Trinajstić information content (AvgIpc) is 2.64. The number of benzene rings is 1. The smallest absolute Gasteiger partial charge is 0.227 e. The van der Waals surface area contributed by atoms with Crippen LogP contribution in [0.1, 0.15) is 12.0 Å². The van der Waals surface area contributed by atoms with Crippen molar-refractivity contribution in [3.05, 3.63) is 35.6 Å². The van der Waals surface area contributed by atoms with Gasteiger partial charge in [0.15, 0.2) is 0 Å². The quantitative estimate of drug-likeness (QED) is 0.834. The van der Waals surface area contributed by atoms with Gasteiger partial charge >= 0.3 is 0 Å². The molecule has 2 aliphatic rings. The van der Waals surface area contributed by atoms with Crippen LogP contribution in [-0.4, -0.2) is 73.6 Å². The molecule has 0 radical (unpaired) electrons. The summed E-state index contributed by atoms with van der Waals surface area (Å²) in [5.74, 6) is -0.365. The van der Waals surface area contributed by atoms with E-state index >= 15 is 0 Å². The Morgan fingerprint density at radius 1 is 1.12 bits per heavy atom. The Balaban J connectivity index is 0.00000243. The highest BCUT2D eigenvalue weighted by Gasteiger charge is 2.26. The molecule has 2 amide bonds. The molecule has 1 aromatic rings. The fourth-order valence-electron chi connectivity index (χ4n) is 3.21. The van der Waals surface area contributed by atoms with E-state index < -0.39 is 0 Å². The van der Waals surface area contributed by atoms with Crippen LogP contribution in [0, 0.1) is 5.82 Å². The van der Waals surface area contributed by atoms with Crippen LogP contribution in [0.4, 0.5) is 4.39 Å². The fourth-order valence-corrected chi connectivity index (χ4v) is 3.21. The molecule has 2 heterocycles. The molecule has 0 aliphatic carbocycles. The van der Waals surface area contributed by atoms with E-state index in [4.69, 9.17) is 4.74 Å². The zero-order valence-corrected chi connectivity index (χ0v) is 15.5. The lowest BCUT2D eigenvalue weighted by Crippen LogP contribution is -2.52. The molecule has 2 saturated heterocycles. The molecule has 0 saturated carbocycles. The summed E-state index contributed by atoms with van der Waals surface area (Å²) in [6.07, 6.45) is 0.479. The van der Waals surface area contributed by atoms with Gasteiger partial charge in [-0.2, -0.15) is 0 Å². The number of carbonyl (C=O) groups excluding carboxylic acids is 2. The van der Waals surface area contributed by atoms with Gasteiger partial charge in [0, 0.05) is 45.2 Å². The summed E-state index contributed by atoms with van der Waals surface area (Å²) < 4.78 is 19.0. The van der Waals surface area contributed by atoms with Crippen LogP contribution in [0.3, 0.4) is 0 Å². The van der Waals surface area contributed by atoms with Crippen LogP contribution in [0.2, 0.25) is 0 Å². The molecule has 1 N–H and O–H groups in total. The number of hydrogen-bond donors (Lipinski definition) is 1. The minimum Gasteiger partial charge on any atom is -0.378 e. The highest BCUT2D eigenvalue weighted by molar-refractivity contribution is 5.85. The second-order valence-electron chi connectivity index (χ2n) is 6.46. The first-order valence-electron chi connectivity index (χ1n) is 8.73. The van der Waals surface area contributed by atoms with Gasteiger partial charge in [0.1, 0.15) is 5.82 Å². The Labute approximate surface area is 159 Å². The number of hydrogen-bond acceptors (Lipinski definition) is 4. The lowest BCUT2D eigenvalue weighted by molar-refractivity contribution is -0.139. The standard InChI is InChI=1S/C18H24FN3O3.ClH/c19-16-4-2-1-3-14(16)11-17(23)21-6-8-22(9-7-21)18(24)12-15-13-25-10-5-20-15;/h1-4,15,20H,5-13H2;1H. The van der Waals surface area contributed by atoms with Gasteiger partial charge in [-0.25, -0.2) is 4.39 Å². The van der Waals surface area contributed by atoms with E-state index in [0.717, 1.165) is 6.54 Å². The number of halogens is 2. The van der Waals surface area contributed by atoms with Crippen molar-refractivity contribution in [3.8, 4) is 0 Å². The molecule has 0 bridgehead atoms. The predicted molar refractivity (Wildman–Crippen MR) is 97.7 cm³/mol. The summed E-state index contributed by atoms with van der Waals surface area (Å²) >= 11 is 0. The largest absolute Gasteiger partial charge is 0.378 e. The molecule has 26 heavy (non-hydrogen) atoms. The minimum absolute atomic E-state index is 0. The number of amides is 2. The molecule has 2 aliphatic heterocycles. The van der Waals surface area contributed by atoms with E-state index in [1.807, 2.05) is 0 Å². The van der Waals surface area contributed by atoms with Crippen molar-refractivity contribution in [2.24, 2.45) is 0 Å². The van der Waals surface area contributed by atoms with Crippen LogP contribution in [0.5, 0.6) is 0 Å². The first-order chi connectivity index (χ1) is 12.1. The second-order valence-corrected chi connectivity index (χ2v) is 6.46. The summed E-state index contributed by atoms with van der Waals surface area (Å²) in [4.78, 5) is 28.2. The summed E-state index contributed by atoms with van der Waals surface area (Å²) in [5.41, 5.74) is 0.411. The van der Waals surface area contributed by atoms with Gasteiger partial charge in [0.05, 0.1) is 19.6 Å².